The molecule has 5 N–H and O–H groups in total. The lowest BCUT2D eigenvalue weighted by atomic mass is 9.98. The van der Waals surface area contributed by atoms with E-state index in [0.29, 0.717) is 0 Å². The van der Waals surface area contributed by atoms with Crippen LogP contribution in [0.15, 0.2) is 30.5 Å². The van der Waals surface area contributed by atoms with Gasteiger partial charge in [0.2, 0.25) is 5.91 Å². The minimum atomic E-state index is -1.52. The molecule has 1 aromatic carbocycles. The third-order valence-electron chi connectivity index (χ3n) is 6.59. The van der Waals surface area contributed by atoms with E-state index in [4.69, 9.17) is 11.5 Å². The number of piperidine rings is 1. The number of amides is 4. The van der Waals surface area contributed by atoms with Gasteiger partial charge in [0.05, 0.1) is 11.1 Å². The molecule has 3 atom stereocenters. The monoisotopic (exact) mass is 457 g/mol. The number of anilines is 1. The Labute approximate surface area is 187 Å². The van der Waals surface area contributed by atoms with Gasteiger partial charge in [-0.15, -0.1) is 0 Å². The predicted octanol–water partition coefficient (Wildman–Crippen LogP) is 1.29. The summed E-state index contributed by atoms with van der Waals surface area (Å²) in [6.45, 7) is 4.12. The fraction of sp³-hybridized carbons (Fsp3) is 0.318. The first-order chi connectivity index (χ1) is 15.4. The van der Waals surface area contributed by atoms with Crippen molar-refractivity contribution in [2.75, 3.05) is 11.9 Å². The van der Waals surface area contributed by atoms with E-state index < -0.39 is 52.4 Å². The van der Waals surface area contributed by atoms with Gasteiger partial charge in [-0.25, -0.2) is 8.78 Å². The predicted molar refractivity (Wildman–Crippen MR) is 112 cm³/mol. The fourth-order valence-corrected chi connectivity index (χ4v) is 4.78. The number of carbonyl (C=O) groups excluding carboxylic acids is 4. The van der Waals surface area contributed by atoms with Crippen molar-refractivity contribution in [2.24, 2.45) is 28.7 Å². The van der Waals surface area contributed by atoms with Crippen molar-refractivity contribution in [2.45, 2.75) is 19.9 Å². The van der Waals surface area contributed by atoms with Crippen molar-refractivity contribution in [3.63, 3.8) is 0 Å². The number of aromatic nitrogens is 1. The summed E-state index contributed by atoms with van der Waals surface area (Å²) in [6.07, 6.45) is 1.30. The summed E-state index contributed by atoms with van der Waals surface area (Å²) in [5.41, 5.74) is 9.12. The average molecular weight is 457 g/mol. The topological polar surface area (TPSA) is 148 Å². The molecule has 0 radical (unpaired) electrons. The van der Waals surface area contributed by atoms with E-state index in [1.54, 1.807) is 0 Å². The average Bonchev–Trinajstić information content (AvgIpc) is 3.09. The van der Waals surface area contributed by atoms with Gasteiger partial charge in [0.1, 0.15) is 11.7 Å². The minimum absolute atomic E-state index is 0.00172. The Morgan fingerprint density at radius 3 is 2.45 bits per heavy atom. The van der Waals surface area contributed by atoms with Gasteiger partial charge in [0, 0.05) is 18.4 Å². The Bertz CT molecular complexity index is 1220. The number of nitrogens with one attached hydrogen (secondary N) is 1. The van der Waals surface area contributed by atoms with Gasteiger partial charge in [-0.2, -0.15) is 0 Å². The Balaban J connectivity index is 1.67. The smallest absolute Gasteiger partial charge is 0.267 e. The molecule has 2 aliphatic rings. The number of likely N-dealkylation sites (tertiary alicyclic amines) is 1. The highest BCUT2D eigenvalue weighted by molar-refractivity contribution is 6.09. The van der Waals surface area contributed by atoms with Crippen LogP contribution in [0.2, 0.25) is 0 Å². The van der Waals surface area contributed by atoms with Crippen LogP contribution in [0, 0.1) is 28.9 Å². The van der Waals surface area contributed by atoms with Gasteiger partial charge in [-0.3, -0.25) is 24.2 Å². The van der Waals surface area contributed by atoms with Gasteiger partial charge in [-0.1, -0.05) is 13.8 Å². The number of carbonyl (C=O) groups is 4. The van der Waals surface area contributed by atoms with Crippen LogP contribution in [-0.4, -0.2) is 46.1 Å². The zero-order valence-electron chi connectivity index (χ0n) is 17.8. The molecule has 0 bridgehead atoms. The molecule has 9 nitrogen and oxygen atoms in total. The van der Waals surface area contributed by atoms with Crippen LogP contribution in [0.1, 0.15) is 45.1 Å². The molecule has 1 saturated carbocycles. The Morgan fingerprint density at radius 2 is 1.82 bits per heavy atom. The van der Waals surface area contributed by atoms with Crippen molar-refractivity contribution < 1.29 is 28.0 Å². The molecule has 1 unspecified atom stereocenters. The number of hydrogen-bond acceptors (Lipinski definition) is 5. The van der Waals surface area contributed by atoms with Crippen LogP contribution in [0.25, 0.3) is 0 Å². The summed E-state index contributed by atoms with van der Waals surface area (Å²) in [5, 5.41) is 2.66. The van der Waals surface area contributed by atoms with Crippen LogP contribution < -0.4 is 16.8 Å². The first kappa shape index (κ1) is 22.3. The van der Waals surface area contributed by atoms with Gasteiger partial charge >= 0.3 is 0 Å². The summed E-state index contributed by atoms with van der Waals surface area (Å²) in [6, 6.07) is 3.52. The molecular weight excluding hydrogens is 436 g/mol. The second kappa shape index (κ2) is 7.61. The molecule has 11 heteroatoms. The number of benzene rings is 1. The summed E-state index contributed by atoms with van der Waals surface area (Å²) < 4.78 is 27.9. The number of nitrogens with two attached hydrogens (primary N) is 2. The largest absolute Gasteiger partial charge is 0.365 e. The maximum absolute atomic E-state index is 14.2. The van der Waals surface area contributed by atoms with Crippen LogP contribution in [0.5, 0.6) is 0 Å². The highest BCUT2D eigenvalue weighted by Crippen LogP contribution is 2.65. The van der Waals surface area contributed by atoms with Gasteiger partial charge < -0.3 is 21.7 Å². The van der Waals surface area contributed by atoms with E-state index in [0.717, 1.165) is 12.1 Å². The lowest BCUT2D eigenvalue weighted by Crippen LogP contribution is -2.48. The van der Waals surface area contributed by atoms with Gasteiger partial charge in [-0.05, 0) is 41.5 Å². The SMILES string of the molecule is CC1(C)[C@@H]2C(C(=O)Nc3ccnc(C(N)=O)c3)N(C(=O)c3ccc(F)c(F)c3C(N)=O)C[C@@H]21. The normalized spacial score (nSPS) is 22.4. The number of rotatable bonds is 5. The second-order valence-electron chi connectivity index (χ2n) is 8.79. The molecule has 1 saturated heterocycles. The molecule has 33 heavy (non-hydrogen) atoms. The van der Waals surface area contributed by atoms with Crippen molar-refractivity contribution >= 4 is 29.3 Å². The molecule has 1 aliphatic heterocycles. The molecule has 2 heterocycles. The van der Waals surface area contributed by atoms with Crippen LogP contribution in [0.4, 0.5) is 14.5 Å². The summed E-state index contributed by atoms with van der Waals surface area (Å²) in [4.78, 5) is 54.7. The summed E-state index contributed by atoms with van der Waals surface area (Å²) >= 11 is 0. The number of fused-ring (bicyclic) bond motifs is 1. The Hall–Kier alpha value is -3.89. The lowest BCUT2D eigenvalue weighted by Gasteiger charge is -2.30. The molecule has 4 rings (SSSR count). The fourth-order valence-electron chi connectivity index (χ4n) is 4.78. The summed E-state index contributed by atoms with van der Waals surface area (Å²) in [7, 11) is 0. The van der Waals surface area contributed by atoms with Crippen molar-refractivity contribution in [1.82, 2.24) is 9.88 Å². The quantitative estimate of drug-likeness (QED) is 0.619. The van der Waals surface area contributed by atoms with E-state index in [1.807, 2.05) is 13.8 Å². The number of nitrogens with zero attached hydrogens (tertiary/aromatic N) is 2. The first-order valence-electron chi connectivity index (χ1n) is 10.1. The van der Waals surface area contributed by atoms with E-state index in [-0.39, 0.29) is 35.2 Å². The third kappa shape index (κ3) is 3.59. The van der Waals surface area contributed by atoms with E-state index >= 15 is 0 Å². The van der Waals surface area contributed by atoms with Gasteiger partial charge in [0.25, 0.3) is 17.7 Å². The van der Waals surface area contributed by atoms with Crippen molar-refractivity contribution in [3.8, 4) is 0 Å². The number of halogens is 2. The lowest BCUT2D eigenvalue weighted by molar-refractivity contribution is -0.120. The van der Waals surface area contributed by atoms with E-state index in [9.17, 15) is 28.0 Å². The van der Waals surface area contributed by atoms with Gasteiger partial charge in [0.15, 0.2) is 11.6 Å². The van der Waals surface area contributed by atoms with Crippen LogP contribution in [-0.2, 0) is 4.79 Å². The highest BCUT2D eigenvalue weighted by atomic mass is 19.2. The second-order valence-corrected chi connectivity index (χ2v) is 8.79. The number of pyridine rings is 1. The molecular formula is C22H21F2N5O4. The molecule has 2 fully saturated rings. The van der Waals surface area contributed by atoms with E-state index in [1.165, 1.54) is 23.2 Å². The molecule has 1 aromatic heterocycles. The molecule has 4 amide bonds. The Morgan fingerprint density at radius 1 is 1.12 bits per heavy atom. The standard InChI is InChI=1S/C22H21F2N5O4/c1-22(2)11-8-29(21(33)10-3-4-12(23)16(24)14(10)19(26)31)17(15(11)22)20(32)28-9-5-6-27-13(7-9)18(25)30/h3-7,11,15,17H,8H2,1-2H3,(H2,25,30)(H2,26,31)(H,27,28,32)/t11-,15-,17?/m0/s1. The third-order valence-corrected chi connectivity index (χ3v) is 6.59. The van der Waals surface area contributed by atoms with Crippen molar-refractivity contribution in [3.05, 3.63) is 58.9 Å². The van der Waals surface area contributed by atoms with Crippen LogP contribution in [0.3, 0.4) is 0 Å². The number of primary amides is 2. The summed E-state index contributed by atoms with van der Waals surface area (Å²) in [5.74, 6) is -6.44. The maximum Gasteiger partial charge on any atom is 0.267 e. The molecule has 0 spiro atoms. The van der Waals surface area contributed by atoms with Crippen molar-refractivity contribution in [1.29, 1.82) is 0 Å². The number of hydrogen-bond donors (Lipinski definition) is 3. The maximum atomic E-state index is 14.2. The van der Waals surface area contributed by atoms with E-state index in [2.05, 4.69) is 10.3 Å². The zero-order valence-corrected chi connectivity index (χ0v) is 17.8. The first-order valence-corrected chi connectivity index (χ1v) is 10.1. The Kier molecular flexibility index (Phi) is 5.14. The molecule has 2 aromatic rings. The highest BCUT2D eigenvalue weighted by Gasteiger charge is 2.69. The zero-order chi connectivity index (χ0) is 24.2. The molecule has 172 valence electrons. The molecule has 1 aliphatic carbocycles. The van der Waals surface area contributed by atoms with Crippen LogP contribution >= 0.6 is 0 Å². The minimum Gasteiger partial charge on any atom is -0.365 e.